The van der Waals surface area contributed by atoms with Crippen molar-refractivity contribution in [1.82, 2.24) is 0 Å². The molecule has 2 aromatic carbocycles. The molecular formula is C21H22O3. The first-order valence-corrected chi connectivity index (χ1v) is 8.30. The lowest BCUT2D eigenvalue weighted by Gasteiger charge is -2.35. The van der Waals surface area contributed by atoms with E-state index >= 15 is 0 Å². The Kier molecular flexibility index (Phi) is 4.27. The Labute approximate surface area is 142 Å². The zero-order valence-corrected chi connectivity index (χ0v) is 14.4. The van der Waals surface area contributed by atoms with Crippen molar-refractivity contribution in [2.45, 2.75) is 45.6 Å². The van der Waals surface area contributed by atoms with Crippen LogP contribution in [0.3, 0.4) is 0 Å². The van der Waals surface area contributed by atoms with Gasteiger partial charge in [-0.3, -0.25) is 4.79 Å². The van der Waals surface area contributed by atoms with Crippen LogP contribution in [0.25, 0.3) is 10.8 Å². The second kappa shape index (κ2) is 6.23. The minimum Gasteiger partial charge on any atom is -0.447 e. The summed E-state index contributed by atoms with van der Waals surface area (Å²) in [6, 6.07) is 13.3. The molecule has 1 atom stereocenters. The number of hydrogen-bond donors (Lipinski definition) is 0. The number of ketones is 1. The van der Waals surface area contributed by atoms with Crippen LogP contribution in [0.15, 0.2) is 53.6 Å². The molecule has 0 heterocycles. The second-order valence-electron chi connectivity index (χ2n) is 6.70. The largest absolute Gasteiger partial charge is 0.447 e. The smallest absolute Gasteiger partial charge is 0.339 e. The Morgan fingerprint density at radius 1 is 1.00 bits per heavy atom. The van der Waals surface area contributed by atoms with Gasteiger partial charge in [0.05, 0.1) is 5.56 Å². The molecule has 0 N–H and O–H groups in total. The minimum atomic E-state index is -1.03. The standard InChI is InChI=1S/C21H22O3/c1-14-11-12-21(16(3)22,13-15(14)2)24-20(23)19-10-6-8-17-7-4-5-9-18(17)19/h4-10H,11-13H2,1-3H3. The molecule has 0 radical (unpaired) electrons. The fraction of sp³-hybridized carbons (Fsp3) is 0.333. The molecule has 0 saturated heterocycles. The monoisotopic (exact) mass is 322 g/mol. The Morgan fingerprint density at radius 3 is 2.42 bits per heavy atom. The van der Waals surface area contributed by atoms with Crippen molar-refractivity contribution < 1.29 is 14.3 Å². The van der Waals surface area contributed by atoms with E-state index in [9.17, 15) is 9.59 Å². The summed E-state index contributed by atoms with van der Waals surface area (Å²) in [6.45, 7) is 5.61. The van der Waals surface area contributed by atoms with Crippen LogP contribution in [0.1, 0.15) is 50.4 Å². The highest BCUT2D eigenvalue weighted by atomic mass is 16.6. The van der Waals surface area contributed by atoms with Gasteiger partial charge in [0.1, 0.15) is 0 Å². The Balaban J connectivity index is 1.96. The summed E-state index contributed by atoms with van der Waals surface area (Å²) in [7, 11) is 0. The molecule has 124 valence electrons. The molecule has 2 aromatic rings. The van der Waals surface area contributed by atoms with E-state index < -0.39 is 11.6 Å². The first-order chi connectivity index (χ1) is 11.4. The summed E-state index contributed by atoms with van der Waals surface area (Å²) in [6.07, 6.45) is 1.83. The predicted molar refractivity (Wildman–Crippen MR) is 95.0 cm³/mol. The predicted octanol–water partition coefficient (Wildman–Crippen LogP) is 4.84. The molecule has 0 aromatic heterocycles. The molecule has 3 nitrogen and oxygen atoms in total. The van der Waals surface area contributed by atoms with Gasteiger partial charge in [0.15, 0.2) is 11.4 Å². The SMILES string of the molecule is CC(=O)C1(OC(=O)c2cccc3ccccc23)CCC(C)=C(C)C1. The van der Waals surface area contributed by atoms with Crippen molar-refractivity contribution in [2.24, 2.45) is 0 Å². The first-order valence-electron chi connectivity index (χ1n) is 8.30. The number of Topliss-reactive ketones (excluding diaryl/α,β-unsaturated/α-hetero) is 1. The first kappa shape index (κ1) is 16.4. The molecule has 0 bridgehead atoms. The van der Waals surface area contributed by atoms with E-state index in [2.05, 4.69) is 6.92 Å². The number of benzene rings is 2. The van der Waals surface area contributed by atoms with Crippen LogP contribution >= 0.6 is 0 Å². The third-order valence-corrected chi connectivity index (χ3v) is 5.12. The molecule has 0 amide bonds. The molecule has 1 unspecified atom stereocenters. The number of carbonyl (C=O) groups is 2. The Bertz CT molecular complexity index is 842. The van der Waals surface area contributed by atoms with E-state index in [0.717, 1.165) is 22.8 Å². The summed E-state index contributed by atoms with van der Waals surface area (Å²) in [5, 5.41) is 1.84. The van der Waals surface area contributed by atoms with Crippen LogP contribution in [0.4, 0.5) is 0 Å². The molecule has 0 fully saturated rings. The van der Waals surface area contributed by atoms with E-state index in [1.54, 1.807) is 6.07 Å². The lowest BCUT2D eigenvalue weighted by molar-refractivity contribution is -0.137. The number of esters is 1. The molecule has 3 rings (SSSR count). The number of carbonyl (C=O) groups excluding carboxylic acids is 2. The van der Waals surface area contributed by atoms with E-state index in [1.807, 2.05) is 43.3 Å². The van der Waals surface area contributed by atoms with Crippen molar-refractivity contribution in [1.29, 1.82) is 0 Å². The van der Waals surface area contributed by atoms with Gasteiger partial charge < -0.3 is 4.74 Å². The molecule has 24 heavy (non-hydrogen) atoms. The molecule has 0 aliphatic heterocycles. The fourth-order valence-electron chi connectivity index (χ4n) is 3.37. The molecule has 1 aliphatic rings. The third-order valence-electron chi connectivity index (χ3n) is 5.12. The van der Waals surface area contributed by atoms with E-state index in [-0.39, 0.29) is 5.78 Å². The van der Waals surface area contributed by atoms with Crippen molar-refractivity contribution in [3.05, 3.63) is 59.2 Å². The maximum Gasteiger partial charge on any atom is 0.339 e. The summed E-state index contributed by atoms with van der Waals surface area (Å²) < 4.78 is 5.83. The highest BCUT2D eigenvalue weighted by Crippen LogP contribution is 2.37. The normalized spacial score (nSPS) is 21.0. The van der Waals surface area contributed by atoms with Gasteiger partial charge in [0.25, 0.3) is 0 Å². The van der Waals surface area contributed by atoms with Crippen molar-refractivity contribution in [3.63, 3.8) is 0 Å². The third kappa shape index (κ3) is 2.86. The van der Waals surface area contributed by atoms with Gasteiger partial charge in [-0.1, -0.05) is 47.5 Å². The number of rotatable bonds is 3. The average Bonchev–Trinajstić information content (AvgIpc) is 2.57. The highest BCUT2D eigenvalue weighted by molar-refractivity contribution is 6.05. The topological polar surface area (TPSA) is 43.4 Å². The quantitative estimate of drug-likeness (QED) is 0.599. The van der Waals surface area contributed by atoms with Crippen molar-refractivity contribution in [3.8, 4) is 0 Å². The lowest BCUT2D eigenvalue weighted by Crippen LogP contribution is -2.44. The summed E-state index contributed by atoms with van der Waals surface area (Å²) >= 11 is 0. The molecule has 1 aliphatic carbocycles. The Morgan fingerprint density at radius 2 is 1.71 bits per heavy atom. The number of ether oxygens (including phenoxy) is 1. The minimum absolute atomic E-state index is 0.0806. The van der Waals surface area contributed by atoms with E-state index in [0.29, 0.717) is 18.4 Å². The van der Waals surface area contributed by atoms with Gasteiger partial charge >= 0.3 is 5.97 Å². The summed E-state index contributed by atoms with van der Waals surface area (Å²) in [5.74, 6) is -0.503. The fourth-order valence-corrected chi connectivity index (χ4v) is 3.37. The van der Waals surface area contributed by atoms with Gasteiger partial charge in [-0.15, -0.1) is 0 Å². The highest BCUT2D eigenvalue weighted by Gasteiger charge is 2.42. The average molecular weight is 322 g/mol. The molecule has 0 saturated carbocycles. The van der Waals surface area contributed by atoms with Crippen molar-refractivity contribution in [2.75, 3.05) is 0 Å². The summed E-state index contributed by atoms with van der Waals surface area (Å²) in [4.78, 5) is 25.1. The van der Waals surface area contributed by atoms with Crippen LogP contribution < -0.4 is 0 Å². The number of hydrogen-bond acceptors (Lipinski definition) is 3. The van der Waals surface area contributed by atoms with Crippen LogP contribution in [0, 0.1) is 0 Å². The van der Waals surface area contributed by atoms with Crippen LogP contribution in [0.2, 0.25) is 0 Å². The summed E-state index contributed by atoms with van der Waals surface area (Å²) in [5.41, 5.74) is 1.91. The maximum absolute atomic E-state index is 12.8. The number of allylic oxidation sites excluding steroid dienone is 1. The van der Waals surface area contributed by atoms with Crippen molar-refractivity contribution >= 4 is 22.5 Å². The second-order valence-corrected chi connectivity index (χ2v) is 6.70. The molecular weight excluding hydrogens is 300 g/mol. The molecule has 3 heteroatoms. The van der Waals surface area contributed by atoms with Gasteiger partial charge in [-0.25, -0.2) is 4.79 Å². The van der Waals surface area contributed by atoms with Crippen LogP contribution in [-0.4, -0.2) is 17.4 Å². The van der Waals surface area contributed by atoms with Crippen LogP contribution in [-0.2, 0) is 9.53 Å². The van der Waals surface area contributed by atoms with Gasteiger partial charge in [-0.05, 0) is 50.5 Å². The molecule has 0 spiro atoms. The number of fused-ring (bicyclic) bond motifs is 1. The Hall–Kier alpha value is -2.42. The van der Waals surface area contributed by atoms with E-state index in [1.165, 1.54) is 12.5 Å². The van der Waals surface area contributed by atoms with E-state index in [4.69, 9.17) is 4.74 Å². The van der Waals surface area contributed by atoms with Gasteiger partial charge in [0.2, 0.25) is 0 Å². The van der Waals surface area contributed by atoms with Gasteiger partial charge in [0, 0.05) is 6.42 Å². The zero-order valence-electron chi connectivity index (χ0n) is 14.4. The zero-order chi connectivity index (χ0) is 17.3. The van der Waals surface area contributed by atoms with Gasteiger partial charge in [-0.2, -0.15) is 0 Å². The maximum atomic E-state index is 12.8. The van der Waals surface area contributed by atoms with Crippen LogP contribution in [0.5, 0.6) is 0 Å². The lowest BCUT2D eigenvalue weighted by atomic mass is 9.79.